The molecule has 0 unspecified atom stereocenters. The van der Waals surface area contributed by atoms with Crippen LogP contribution in [0.5, 0.6) is 0 Å². The molecule has 2 N–H and O–H groups in total. The van der Waals surface area contributed by atoms with Crippen molar-refractivity contribution in [1.29, 1.82) is 0 Å². The predicted molar refractivity (Wildman–Crippen MR) is 105 cm³/mol. The molecule has 2 aromatic heterocycles. The van der Waals surface area contributed by atoms with Crippen molar-refractivity contribution in [3.63, 3.8) is 0 Å². The van der Waals surface area contributed by atoms with Crippen LogP contribution < -0.4 is 10.6 Å². The third kappa shape index (κ3) is 5.17. The minimum atomic E-state index is -0.0538. The van der Waals surface area contributed by atoms with E-state index in [0.717, 1.165) is 30.9 Å². The Morgan fingerprint density at radius 2 is 2.14 bits per heavy atom. The molecule has 0 radical (unpaired) electrons. The van der Waals surface area contributed by atoms with Crippen molar-refractivity contribution in [2.45, 2.75) is 38.9 Å². The van der Waals surface area contributed by atoms with Gasteiger partial charge in [-0.15, -0.1) is 12.4 Å². The first-order chi connectivity index (χ1) is 13.3. The van der Waals surface area contributed by atoms with Gasteiger partial charge in [0.05, 0.1) is 24.5 Å². The number of carbonyl (C=O) groups is 1. The lowest BCUT2D eigenvalue weighted by molar-refractivity contribution is -0.121. The van der Waals surface area contributed by atoms with Gasteiger partial charge in [0.15, 0.2) is 5.82 Å². The standard InChI is InChI=1S/C19H22N6O2.ClH/c26-18(7-6-15-11-16-12-20-8-9-25(16)23-15)21-13-19-22-17(24-27-19)10-14-4-2-1-3-5-14;/h1-5,11,20H,6-10,12-13H2,(H,21,26);1H. The minimum Gasteiger partial charge on any atom is -0.347 e. The number of fused-ring (bicyclic) bond motifs is 1. The maximum Gasteiger partial charge on any atom is 0.246 e. The SMILES string of the molecule is Cl.O=C(CCc1cc2n(n1)CCNC2)NCc1nc(Cc2ccccc2)no1. The zero-order valence-electron chi connectivity index (χ0n) is 15.4. The number of aryl methyl sites for hydroxylation is 1. The van der Waals surface area contributed by atoms with Crippen molar-refractivity contribution in [2.75, 3.05) is 6.54 Å². The van der Waals surface area contributed by atoms with E-state index in [1.54, 1.807) is 0 Å². The minimum absolute atomic E-state index is 0. The highest BCUT2D eigenvalue weighted by Gasteiger charge is 2.13. The van der Waals surface area contributed by atoms with Crippen LogP contribution in [0.1, 0.15) is 35.1 Å². The second kappa shape index (κ2) is 9.48. The summed E-state index contributed by atoms with van der Waals surface area (Å²) in [4.78, 5) is 16.4. The van der Waals surface area contributed by atoms with Gasteiger partial charge in [0, 0.05) is 32.4 Å². The van der Waals surface area contributed by atoms with E-state index in [-0.39, 0.29) is 24.9 Å². The second-order valence-electron chi connectivity index (χ2n) is 6.57. The third-order valence-electron chi connectivity index (χ3n) is 4.48. The van der Waals surface area contributed by atoms with E-state index in [0.29, 0.717) is 31.0 Å². The van der Waals surface area contributed by atoms with E-state index in [1.165, 1.54) is 5.69 Å². The Balaban J connectivity index is 0.00000225. The highest BCUT2D eigenvalue weighted by molar-refractivity contribution is 5.85. The average molecular weight is 403 g/mol. The Bertz CT molecular complexity index is 885. The van der Waals surface area contributed by atoms with Crippen LogP contribution in [0.4, 0.5) is 0 Å². The normalized spacial score (nSPS) is 12.9. The van der Waals surface area contributed by atoms with Crippen molar-refractivity contribution in [2.24, 2.45) is 0 Å². The zero-order chi connectivity index (χ0) is 18.5. The molecular formula is C19H23ClN6O2. The molecule has 0 aliphatic carbocycles. The largest absolute Gasteiger partial charge is 0.347 e. The summed E-state index contributed by atoms with van der Waals surface area (Å²) in [6.45, 7) is 2.89. The number of hydrogen-bond donors (Lipinski definition) is 2. The van der Waals surface area contributed by atoms with Crippen LogP contribution >= 0.6 is 12.4 Å². The number of carbonyl (C=O) groups excluding carboxylic acids is 1. The summed E-state index contributed by atoms with van der Waals surface area (Å²) < 4.78 is 7.22. The van der Waals surface area contributed by atoms with E-state index >= 15 is 0 Å². The molecule has 8 nitrogen and oxygen atoms in total. The number of rotatable bonds is 7. The molecule has 28 heavy (non-hydrogen) atoms. The van der Waals surface area contributed by atoms with Crippen LogP contribution in [-0.2, 0) is 37.3 Å². The molecule has 148 valence electrons. The van der Waals surface area contributed by atoms with Crippen LogP contribution in [0.2, 0.25) is 0 Å². The molecule has 1 aromatic carbocycles. The topological polar surface area (TPSA) is 97.9 Å². The summed E-state index contributed by atoms with van der Waals surface area (Å²) in [5.74, 6) is 0.974. The Hall–Kier alpha value is -2.71. The molecule has 4 rings (SSSR count). The summed E-state index contributed by atoms with van der Waals surface area (Å²) >= 11 is 0. The zero-order valence-corrected chi connectivity index (χ0v) is 16.2. The van der Waals surface area contributed by atoms with Crippen molar-refractivity contribution in [3.05, 3.63) is 65.1 Å². The number of benzene rings is 1. The second-order valence-corrected chi connectivity index (χ2v) is 6.57. The summed E-state index contributed by atoms with van der Waals surface area (Å²) in [6, 6.07) is 12.0. The van der Waals surface area contributed by atoms with E-state index in [2.05, 4.69) is 31.9 Å². The van der Waals surface area contributed by atoms with Crippen LogP contribution in [0.3, 0.4) is 0 Å². The van der Waals surface area contributed by atoms with Crippen molar-refractivity contribution >= 4 is 18.3 Å². The molecule has 0 fully saturated rings. The number of nitrogens with zero attached hydrogens (tertiary/aromatic N) is 4. The molecule has 0 spiro atoms. The molecule has 1 amide bonds. The first-order valence-electron chi connectivity index (χ1n) is 9.15. The fourth-order valence-electron chi connectivity index (χ4n) is 3.09. The average Bonchev–Trinajstić information content (AvgIpc) is 3.32. The lowest BCUT2D eigenvalue weighted by atomic mass is 10.1. The first-order valence-corrected chi connectivity index (χ1v) is 9.15. The smallest absolute Gasteiger partial charge is 0.246 e. The third-order valence-corrected chi connectivity index (χ3v) is 4.48. The monoisotopic (exact) mass is 402 g/mol. The molecule has 3 heterocycles. The van der Waals surface area contributed by atoms with Gasteiger partial charge in [-0.1, -0.05) is 35.5 Å². The molecule has 0 atom stereocenters. The highest BCUT2D eigenvalue weighted by atomic mass is 35.5. The number of aromatic nitrogens is 4. The van der Waals surface area contributed by atoms with Crippen LogP contribution in [0, 0.1) is 0 Å². The highest BCUT2D eigenvalue weighted by Crippen LogP contribution is 2.10. The Morgan fingerprint density at radius 3 is 2.96 bits per heavy atom. The van der Waals surface area contributed by atoms with Gasteiger partial charge in [0.25, 0.3) is 0 Å². The fraction of sp³-hybridized carbons (Fsp3) is 0.368. The summed E-state index contributed by atoms with van der Waals surface area (Å²) in [7, 11) is 0. The summed E-state index contributed by atoms with van der Waals surface area (Å²) in [6.07, 6.45) is 1.61. The lowest BCUT2D eigenvalue weighted by Gasteiger charge is -2.13. The maximum atomic E-state index is 12.1. The van der Waals surface area contributed by atoms with Gasteiger partial charge < -0.3 is 15.2 Å². The molecule has 0 saturated carbocycles. The van der Waals surface area contributed by atoms with Crippen LogP contribution in [0.15, 0.2) is 40.9 Å². The van der Waals surface area contributed by atoms with Crippen molar-refractivity contribution in [3.8, 4) is 0 Å². The number of amides is 1. The summed E-state index contributed by atoms with van der Waals surface area (Å²) in [5.41, 5.74) is 3.24. The predicted octanol–water partition coefficient (Wildman–Crippen LogP) is 1.63. The van der Waals surface area contributed by atoms with E-state index in [1.807, 2.05) is 35.0 Å². The Morgan fingerprint density at radius 1 is 1.29 bits per heavy atom. The molecule has 0 bridgehead atoms. The van der Waals surface area contributed by atoms with E-state index in [9.17, 15) is 4.79 Å². The number of nitrogens with one attached hydrogen (secondary N) is 2. The molecule has 1 aliphatic heterocycles. The Kier molecular flexibility index (Phi) is 6.78. The van der Waals surface area contributed by atoms with Gasteiger partial charge >= 0.3 is 0 Å². The maximum absolute atomic E-state index is 12.1. The van der Waals surface area contributed by atoms with Gasteiger partial charge in [-0.05, 0) is 11.6 Å². The van der Waals surface area contributed by atoms with Crippen LogP contribution in [0.25, 0.3) is 0 Å². The van der Waals surface area contributed by atoms with E-state index < -0.39 is 0 Å². The number of hydrogen-bond acceptors (Lipinski definition) is 6. The summed E-state index contributed by atoms with van der Waals surface area (Å²) in [5, 5.41) is 14.6. The quantitative estimate of drug-likeness (QED) is 0.623. The van der Waals surface area contributed by atoms with Crippen LogP contribution in [-0.4, -0.2) is 32.4 Å². The van der Waals surface area contributed by atoms with E-state index in [4.69, 9.17) is 4.52 Å². The van der Waals surface area contributed by atoms with Gasteiger partial charge in [0.1, 0.15) is 0 Å². The first kappa shape index (κ1) is 20.0. The molecular weight excluding hydrogens is 380 g/mol. The molecule has 3 aromatic rings. The van der Waals surface area contributed by atoms with Gasteiger partial charge in [-0.2, -0.15) is 10.1 Å². The fourth-order valence-corrected chi connectivity index (χ4v) is 3.09. The van der Waals surface area contributed by atoms with Crippen molar-refractivity contribution in [1.82, 2.24) is 30.6 Å². The molecule has 0 saturated heterocycles. The lowest BCUT2D eigenvalue weighted by Crippen LogP contribution is -2.28. The number of halogens is 1. The molecule has 1 aliphatic rings. The van der Waals surface area contributed by atoms with Gasteiger partial charge in [-0.25, -0.2) is 0 Å². The van der Waals surface area contributed by atoms with Gasteiger partial charge in [-0.3, -0.25) is 9.48 Å². The van der Waals surface area contributed by atoms with Crippen molar-refractivity contribution < 1.29 is 9.32 Å². The van der Waals surface area contributed by atoms with Gasteiger partial charge in [0.2, 0.25) is 11.8 Å². The Labute approximate surface area is 169 Å². The molecule has 9 heteroatoms.